The molecule has 0 saturated carbocycles. The molecule has 3 aromatic rings. The second-order valence-corrected chi connectivity index (χ2v) is 5.92. The van der Waals surface area contributed by atoms with Crippen molar-refractivity contribution in [2.24, 2.45) is 0 Å². The van der Waals surface area contributed by atoms with Gasteiger partial charge >= 0.3 is 0 Å². The number of benzene rings is 2. The first kappa shape index (κ1) is 18.6. The fraction of sp³-hybridized carbons (Fsp3) is 0.0526. The minimum atomic E-state index is -0.732. The predicted molar refractivity (Wildman–Crippen MR) is 99.8 cm³/mol. The number of nitrogens with zero attached hydrogens (tertiary/aromatic N) is 1. The largest absolute Gasteiger partial charge is 0.495 e. The van der Waals surface area contributed by atoms with Gasteiger partial charge in [0.1, 0.15) is 23.1 Å². The Kier molecular flexibility index (Phi) is 5.52. The Morgan fingerprint density at radius 2 is 1.89 bits per heavy atom. The summed E-state index contributed by atoms with van der Waals surface area (Å²) in [5.41, 5.74) is 1.09. The van der Waals surface area contributed by atoms with Crippen LogP contribution in [0.3, 0.4) is 0 Å². The summed E-state index contributed by atoms with van der Waals surface area (Å²) in [6.45, 7) is 0. The van der Waals surface area contributed by atoms with Crippen LogP contribution in [-0.2, 0) is 0 Å². The van der Waals surface area contributed by atoms with E-state index in [1.54, 1.807) is 24.3 Å². The van der Waals surface area contributed by atoms with Gasteiger partial charge in [-0.2, -0.15) is 0 Å². The van der Waals surface area contributed by atoms with Gasteiger partial charge in [0.2, 0.25) is 0 Å². The Bertz CT molecular complexity index is 981. The van der Waals surface area contributed by atoms with Gasteiger partial charge in [-0.25, -0.2) is 13.8 Å². The molecule has 2 aromatic carbocycles. The molecule has 0 atom stereocenters. The van der Waals surface area contributed by atoms with E-state index >= 15 is 0 Å². The standard InChI is InChI=1S/C19H14ClF2N3O2/c1-27-18-7-2-11(20)8-17(18)25-19(26)16-6-4-13(10-23-16)24-15-5-3-12(21)9-14(15)22/h2-10,24H,1H3,(H,25,26). The van der Waals surface area contributed by atoms with Crippen LogP contribution in [0, 0.1) is 11.6 Å². The average Bonchev–Trinajstić information content (AvgIpc) is 2.65. The van der Waals surface area contributed by atoms with Crippen LogP contribution in [0.4, 0.5) is 25.8 Å². The van der Waals surface area contributed by atoms with Crippen LogP contribution in [0.5, 0.6) is 5.75 Å². The highest BCUT2D eigenvalue weighted by molar-refractivity contribution is 6.31. The number of halogens is 3. The number of aromatic nitrogens is 1. The predicted octanol–water partition coefficient (Wildman–Crippen LogP) is 5.02. The molecule has 5 nitrogen and oxygen atoms in total. The molecule has 0 aliphatic rings. The van der Waals surface area contributed by atoms with Gasteiger partial charge in [0.05, 0.1) is 30.4 Å². The zero-order chi connectivity index (χ0) is 19.4. The van der Waals surface area contributed by atoms with E-state index in [1.807, 2.05) is 0 Å². The Labute approximate surface area is 159 Å². The highest BCUT2D eigenvalue weighted by atomic mass is 35.5. The van der Waals surface area contributed by atoms with E-state index in [-0.39, 0.29) is 11.4 Å². The molecular formula is C19H14ClF2N3O2. The van der Waals surface area contributed by atoms with E-state index in [9.17, 15) is 13.6 Å². The SMILES string of the molecule is COc1ccc(Cl)cc1NC(=O)c1ccc(Nc2ccc(F)cc2F)cn1. The van der Waals surface area contributed by atoms with Crippen LogP contribution < -0.4 is 15.4 Å². The number of hydrogen-bond acceptors (Lipinski definition) is 4. The number of carbonyl (C=O) groups excluding carboxylic acids is 1. The first-order chi connectivity index (χ1) is 13.0. The van der Waals surface area contributed by atoms with Gasteiger partial charge in [0.15, 0.2) is 0 Å². The van der Waals surface area contributed by atoms with Crippen molar-refractivity contribution in [2.45, 2.75) is 0 Å². The molecular weight excluding hydrogens is 376 g/mol. The van der Waals surface area contributed by atoms with Crippen LogP contribution in [0.15, 0.2) is 54.7 Å². The summed E-state index contributed by atoms with van der Waals surface area (Å²) >= 11 is 5.94. The van der Waals surface area contributed by atoms with Crippen molar-refractivity contribution in [3.05, 3.63) is 77.1 Å². The lowest BCUT2D eigenvalue weighted by Gasteiger charge is -2.11. The molecule has 2 N–H and O–H groups in total. The number of methoxy groups -OCH3 is 1. The highest BCUT2D eigenvalue weighted by Gasteiger charge is 2.12. The number of carbonyl (C=O) groups is 1. The third-order valence-electron chi connectivity index (χ3n) is 3.62. The molecule has 27 heavy (non-hydrogen) atoms. The van der Waals surface area contributed by atoms with E-state index in [0.29, 0.717) is 22.1 Å². The van der Waals surface area contributed by atoms with Crippen molar-refractivity contribution >= 4 is 34.6 Å². The Morgan fingerprint density at radius 3 is 2.56 bits per heavy atom. The summed E-state index contributed by atoms with van der Waals surface area (Å²) in [6.07, 6.45) is 1.37. The molecule has 138 valence electrons. The zero-order valence-electron chi connectivity index (χ0n) is 14.1. The second-order valence-electron chi connectivity index (χ2n) is 5.48. The fourth-order valence-electron chi connectivity index (χ4n) is 2.31. The van der Waals surface area contributed by atoms with Gasteiger partial charge < -0.3 is 15.4 Å². The number of anilines is 3. The normalized spacial score (nSPS) is 10.4. The first-order valence-electron chi connectivity index (χ1n) is 7.79. The average molecular weight is 390 g/mol. The van der Waals surface area contributed by atoms with Gasteiger partial charge in [-0.15, -0.1) is 0 Å². The van der Waals surface area contributed by atoms with E-state index < -0.39 is 17.5 Å². The zero-order valence-corrected chi connectivity index (χ0v) is 14.8. The van der Waals surface area contributed by atoms with Gasteiger partial charge in [0.25, 0.3) is 5.91 Å². The Morgan fingerprint density at radius 1 is 1.07 bits per heavy atom. The number of hydrogen-bond donors (Lipinski definition) is 2. The summed E-state index contributed by atoms with van der Waals surface area (Å²) in [5.74, 6) is -1.41. The number of nitrogens with one attached hydrogen (secondary N) is 2. The van der Waals surface area contributed by atoms with Gasteiger partial charge in [0, 0.05) is 11.1 Å². The molecule has 3 rings (SSSR count). The third-order valence-corrected chi connectivity index (χ3v) is 3.85. The molecule has 0 aliphatic heterocycles. The molecule has 0 aliphatic carbocycles. The molecule has 1 aromatic heterocycles. The molecule has 0 fully saturated rings. The quantitative estimate of drug-likeness (QED) is 0.643. The lowest BCUT2D eigenvalue weighted by Crippen LogP contribution is -2.14. The minimum Gasteiger partial charge on any atom is -0.495 e. The lowest BCUT2D eigenvalue weighted by molar-refractivity contribution is 0.102. The van der Waals surface area contributed by atoms with Crippen molar-refractivity contribution in [1.29, 1.82) is 0 Å². The van der Waals surface area contributed by atoms with Crippen LogP contribution in [0.25, 0.3) is 0 Å². The number of ether oxygens (including phenoxy) is 1. The van der Waals surface area contributed by atoms with Crippen molar-refractivity contribution in [2.75, 3.05) is 17.7 Å². The molecule has 0 radical (unpaired) electrons. The smallest absolute Gasteiger partial charge is 0.274 e. The van der Waals surface area contributed by atoms with E-state index in [0.717, 1.165) is 12.1 Å². The van der Waals surface area contributed by atoms with E-state index in [1.165, 1.54) is 25.4 Å². The van der Waals surface area contributed by atoms with Crippen molar-refractivity contribution in [1.82, 2.24) is 4.98 Å². The van der Waals surface area contributed by atoms with Crippen molar-refractivity contribution < 1.29 is 18.3 Å². The fourth-order valence-corrected chi connectivity index (χ4v) is 2.48. The van der Waals surface area contributed by atoms with Crippen LogP contribution in [0.1, 0.15) is 10.5 Å². The van der Waals surface area contributed by atoms with Gasteiger partial charge in [-0.05, 0) is 42.5 Å². The van der Waals surface area contributed by atoms with Gasteiger partial charge in [-0.1, -0.05) is 11.6 Å². The third kappa shape index (κ3) is 4.51. The number of rotatable bonds is 5. The first-order valence-corrected chi connectivity index (χ1v) is 8.17. The monoisotopic (exact) mass is 389 g/mol. The molecule has 0 saturated heterocycles. The minimum absolute atomic E-state index is 0.0964. The molecule has 0 unspecified atom stereocenters. The molecule has 0 bridgehead atoms. The summed E-state index contributed by atoms with van der Waals surface area (Å²) < 4.78 is 31.8. The van der Waals surface area contributed by atoms with E-state index in [2.05, 4.69) is 15.6 Å². The topological polar surface area (TPSA) is 63.2 Å². The van der Waals surface area contributed by atoms with E-state index in [4.69, 9.17) is 16.3 Å². The maximum atomic E-state index is 13.7. The molecule has 1 heterocycles. The summed E-state index contributed by atoms with van der Waals surface area (Å²) in [4.78, 5) is 16.4. The molecule has 0 spiro atoms. The highest BCUT2D eigenvalue weighted by Crippen LogP contribution is 2.28. The van der Waals surface area contributed by atoms with Crippen LogP contribution >= 0.6 is 11.6 Å². The van der Waals surface area contributed by atoms with Crippen LogP contribution in [0.2, 0.25) is 5.02 Å². The molecule has 8 heteroatoms. The molecule has 1 amide bonds. The van der Waals surface area contributed by atoms with Crippen molar-refractivity contribution in [3.63, 3.8) is 0 Å². The number of amides is 1. The van der Waals surface area contributed by atoms with Gasteiger partial charge in [-0.3, -0.25) is 4.79 Å². The summed E-state index contributed by atoms with van der Waals surface area (Å²) in [7, 11) is 1.48. The van der Waals surface area contributed by atoms with Crippen LogP contribution in [-0.4, -0.2) is 18.0 Å². The second kappa shape index (κ2) is 8.01. The maximum absolute atomic E-state index is 13.7. The maximum Gasteiger partial charge on any atom is 0.274 e. The Hall–Kier alpha value is -3.19. The summed E-state index contributed by atoms with van der Waals surface area (Å²) in [6, 6.07) is 11.0. The Balaban J connectivity index is 1.73. The lowest BCUT2D eigenvalue weighted by atomic mass is 10.2. The summed E-state index contributed by atoms with van der Waals surface area (Å²) in [5, 5.41) is 5.88. The number of pyridine rings is 1. The van der Waals surface area contributed by atoms with Crippen molar-refractivity contribution in [3.8, 4) is 5.75 Å².